The number of rotatable bonds is 3. The van der Waals surface area contributed by atoms with Crippen LogP contribution in [0.2, 0.25) is 0 Å². The molecule has 0 amide bonds. The summed E-state index contributed by atoms with van der Waals surface area (Å²) in [7, 11) is 1.97. The van der Waals surface area contributed by atoms with E-state index in [2.05, 4.69) is 20.2 Å². The van der Waals surface area contributed by atoms with Crippen molar-refractivity contribution in [2.75, 3.05) is 25.0 Å². The number of nitrogens with zero attached hydrogens (tertiary/aromatic N) is 2. The van der Waals surface area contributed by atoms with Crippen LogP contribution in [0, 0.1) is 5.82 Å². The van der Waals surface area contributed by atoms with E-state index in [-0.39, 0.29) is 5.82 Å². The van der Waals surface area contributed by atoms with Gasteiger partial charge in [-0.05, 0) is 44.5 Å². The number of benzene rings is 1. The van der Waals surface area contributed by atoms with Gasteiger partial charge < -0.3 is 15.2 Å². The molecular weight excluding hydrogens is 243 g/mol. The second-order valence-electron chi connectivity index (χ2n) is 5.12. The average Bonchev–Trinajstić information content (AvgIpc) is 2.82. The van der Waals surface area contributed by atoms with Gasteiger partial charge in [0, 0.05) is 19.1 Å². The minimum absolute atomic E-state index is 0.229. The molecule has 2 N–H and O–H groups in total. The van der Waals surface area contributed by atoms with Crippen molar-refractivity contribution in [1.82, 2.24) is 15.3 Å². The van der Waals surface area contributed by atoms with Gasteiger partial charge in [-0.15, -0.1) is 0 Å². The lowest BCUT2D eigenvalue weighted by atomic mass is 10.0. The highest BCUT2D eigenvalue weighted by Gasteiger charge is 2.24. The number of imidazole rings is 1. The molecule has 1 aromatic carbocycles. The van der Waals surface area contributed by atoms with Crippen molar-refractivity contribution in [3.63, 3.8) is 0 Å². The van der Waals surface area contributed by atoms with E-state index in [0.717, 1.165) is 30.1 Å². The largest absolute Gasteiger partial charge is 0.338 e. The van der Waals surface area contributed by atoms with E-state index in [1.54, 1.807) is 6.07 Å². The molecular formula is C14H19FN4. The maximum atomic E-state index is 13.2. The molecule has 3 rings (SSSR count). The number of likely N-dealkylation sites (N-methyl/N-ethyl adjacent to an activating group) is 1. The normalized spacial score (nSPS) is 20.1. The number of fused-ring (bicyclic) bond motifs is 1. The van der Waals surface area contributed by atoms with E-state index < -0.39 is 0 Å². The Labute approximate surface area is 112 Å². The molecule has 1 aliphatic heterocycles. The van der Waals surface area contributed by atoms with Gasteiger partial charge in [-0.25, -0.2) is 9.37 Å². The standard InChI is InChI=1S/C14H19FN4/c1-16-9-11-4-2-3-7-19(11)14-17-12-6-5-10(15)8-13(12)18-14/h5-6,8,11,16H,2-4,7,9H2,1H3,(H,17,18). The smallest absolute Gasteiger partial charge is 0.204 e. The molecule has 2 aromatic rings. The summed E-state index contributed by atoms with van der Waals surface area (Å²) in [6.45, 7) is 1.96. The van der Waals surface area contributed by atoms with Crippen LogP contribution in [0.15, 0.2) is 18.2 Å². The van der Waals surface area contributed by atoms with Crippen LogP contribution in [0.1, 0.15) is 19.3 Å². The first-order chi connectivity index (χ1) is 9.28. The summed E-state index contributed by atoms with van der Waals surface area (Å²) in [6.07, 6.45) is 3.62. The number of nitrogens with one attached hydrogen (secondary N) is 2. The second-order valence-corrected chi connectivity index (χ2v) is 5.12. The number of aromatic nitrogens is 2. The molecule has 1 aliphatic rings. The van der Waals surface area contributed by atoms with Gasteiger partial charge in [0.2, 0.25) is 5.95 Å². The maximum absolute atomic E-state index is 13.2. The minimum Gasteiger partial charge on any atom is -0.338 e. The lowest BCUT2D eigenvalue weighted by Gasteiger charge is -2.35. The Morgan fingerprint density at radius 2 is 2.37 bits per heavy atom. The fourth-order valence-corrected chi connectivity index (χ4v) is 2.83. The monoisotopic (exact) mass is 262 g/mol. The van der Waals surface area contributed by atoms with E-state index in [9.17, 15) is 4.39 Å². The van der Waals surface area contributed by atoms with Crippen molar-refractivity contribution in [2.45, 2.75) is 25.3 Å². The number of anilines is 1. The number of hydrogen-bond donors (Lipinski definition) is 2. The summed E-state index contributed by atoms with van der Waals surface area (Å²) in [5, 5.41) is 3.24. The third-order valence-corrected chi connectivity index (χ3v) is 3.77. The van der Waals surface area contributed by atoms with Gasteiger partial charge >= 0.3 is 0 Å². The summed E-state index contributed by atoms with van der Waals surface area (Å²) in [6, 6.07) is 5.14. The van der Waals surface area contributed by atoms with Gasteiger partial charge in [-0.1, -0.05) is 0 Å². The zero-order chi connectivity index (χ0) is 13.2. The van der Waals surface area contributed by atoms with Crippen LogP contribution in [-0.4, -0.2) is 36.1 Å². The van der Waals surface area contributed by atoms with Crippen LogP contribution in [0.25, 0.3) is 11.0 Å². The lowest BCUT2D eigenvalue weighted by Crippen LogP contribution is -2.45. The molecule has 1 atom stereocenters. The topological polar surface area (TPSA) is 44.0 Å². The zero-order valence-corrected chi connectivity index (χ0v) is 11.1. The van der Waals surface area contributed by atoms with E-state index >= 15 is 0 Å². The molecule has 19 heavy (non-hydrogen) atoms. The predicted octanol–water partition coefficient (Wildman–Crippen LogP) is 2.28. The SMILES string of the molecule is CNCC1CCCCN1c1nc2ccc(F)cc2[nH]1. The average molecular weight is 262 g/mol. The molecule has 1 fully saturated rings. The molecule has 5 heteroatoms. The van der Waals surface area contributed by atoms with E-state index in [4.69, 9.17) is 0 Å². The summed E-state index contributed by atoms with van der Waals surface area (Å²) in [4.78, 5) is 10.1. The number of aromatic amines is 1. The third-order valence-electron chi connectivity index (χ3n) is 3.77. The molecule has 0 aliphatic carbocycles. The maximum Gasteiger partial charge on any atom is 0.204 e. The molecule has 2 heterocycles. The molecule has 0 radical (unpaired) electrons. The lowest BCUT2D eigenvalue weighted by molar-refractivity contribution is 0.441. The van der Waals surface area contributed by atoms with Gasteiger partial charge in [-0.2, -0.15) is 0 Å². The van der Waals surface area contributed by atoms with Crippen LogP contribution < -0.4 is 10.2 Å². The first-order valence-electron chi connectivity index (χ1n) is 6.84. The Morgan fingerprint density at radius 3 is 3.21 bits per heavy atom. The second kappa shape index (κ2) is 5.17. The van der Waals surface area contributed by atoms with Crippen LogP contribution in [0.5, 0.6) is 0 Å². The minimum atomic E-state index is -0.229. The van der Waals surface area contributed by atoms with Crippen LogP contribution in [0.3, 0.4) is 0 Å². The molecule has 1 saturated heterocycles. The van der Waals surface area contributed by atoms with Gasteiger partial charge in [0.05, 0.1) is 11.0 Å². The number of piperidine rings is 1. The van der Waals surface area contributed by atoms with E-state index in [1.165, 1.54) is 31.4 Å². The summed E-state index contributed by atoms with van der Waals surface area (Å²) in [5.74, 6) is 0.633. The van der Waals surface area contributed by atoms with Crippen molar-refractivity contribution >= 4 is 17.0 Å². The quantitative estimate of drug-likeness (QED) is 0.892. The van der Waals surface area contributed by atoms with Gasteiger partial charge in [0.1, 0.15) is 5.82 Å². The highest BCUT2D eigenvalue weighted by atomic mass is 19.1. The van der Waals surface area contributed by atoms with Crippen LogP contribution in [-0.2, 0) is 0 Å². The zero-order valence-electron chi connectivity index (χ0n) is 11.1. The van der Waals surface area contributed by atoms with Crippen molar-refractivity contribution in [3.8, 4) is 0 Å². The van der Waals surface area contributed by atoms with Crippen molar-refractivity contribution in [3.05, 3.63) is 24.0 Å². The predicted molar refractivity (Wildman–Crippen MR) is 75.0 cm³/mol. The first kappa shape index (κ1) is 12.4. The fourth-order valence-electron chi connectivity index (χ4n) is 2.83. The summed E-state index contributed by atoms with van der Waals surface area (Å²) < 4.78 is 13.2. The molecule has 1 aromatic heterocycles. The fraction of sp³-hybridized carbons (Fsp3) is 0.500. The molecule has 0 bridgehead atoms. The number of halogens is 1. The van der Waals surface area contributed by atoms with Crippen molar-refractivity contribution in [2.24, 2.45) is 0 Å². The summed E-state index contributed by atoms with van der Waals surface area (Å²) >= 11 is 0. The van der Waals surface area contributed by atoms with Gasteiger partial charge in [0.25, 0.3) is 0 Å². The Morgan fingerprint density at radius 1 is 1.47 bits per heavy atom. The van der Waals surface area contributed by atoms with Gasteiger partial charge in [0.15, 0.2) is 0 Å². The number of H-pyrrole nitrogens is 1. The molecule has 1 unspecified atom stereocenters. The highest BCUT2D eigenvalue weighted by Crippen LogP contribution is 2.24. The molecule has 0 spiro atoms. The Kier molecular flexibility index (Phi) is 3.38. The van der Waals surface area contributed by atoms with Crippen LogP contribution in [0.4, 0.5) is 10.3 Å². The summed E-state index contributed by atoms with van der Waals surface area (Å²) in [5.41, 5.74) is 1.59. The Bertz CT molecular complexity index is 564. The van der Waals surface area contributed by atoms with Crippen LogP contribution >= 0.6 is 0 Å². The Balaban J connectivity index is 1.92. The van der Waals surface area contributed by atoms with Gasteiger partial charge in [-0.3, -0.25) is 0 Å². The molecule has 102 valence electrons. The van der Waals surface area contributed by atoms with E-state index in [1.807, 2.05) is 7.05 Å². The molecule has 4 nitrogen and oxygen atoms in total. The van der Waals surface area contributed by atoms with Crippen molar-refractivity contribution in [1.29, 1.82) is 0 Å². The van der Waals surface area contributed by atoms with Crippen molar-refractivity contribution < 1.29 is 4.39 Å². The first-order valence-corrected chi connectivity index (χ1v) is 6.84. The third kappa shape index (κ3) is 2.42. The molecule has 0 saturated carbocycles. The Hall–Kier alpha value is -1.62. The highest BCUT2D eigenvalue weighted by molar-refractivity contribution is 5.77. The van der Waals surface area contributed by atoms with E-state index in [0.29, 0.717) is 6.04 Å². The number of hydrogen-bond acceptors (Lipinski definition) is 3.